The number of benzene rings is 1. The number of halogens is 2. The summed E-state index contributed by atoms with van der Waals surface area (Å²) in [5.74, 6) is 0. The van der Waals surface area contributed by atoms with Crippen molar-refractivity contribution >= 4 is 27.5 Å². The molecule has 0 bridgehead atoms. The molecule has 0 unspecified atom stereocenters. The van der Waals surface area contributed by atoms with E-state index in [0.29, 0.717) is 0 Å². The molecule has 0 spiro atoms. The lowest BCUT2D eigenvalue weighted by Gasteiger charge is -2.16. The summed E-state index contributed by atoms with van der Waals surface area (Å²) in [6.07, 6.45) is 1.82. The van der Waals surface area contributed by atoms with Crippen LogP contribution in [0, 0.1) is 0 Å². The van der Waals surface area contributed by atoms with Gasteiger partial charge in [-0.15, -0.1) is 0 Å². The van der Waals surface area contributed by atoms with Gasteiger partial charge in [-0.1, -0.05) is 23.7 Å². The molecule has 0 aliphatic carbocycles. The second kappa shape index (κ2) is 6.32. The molecule has 0 radical (unpaired) electrons. The average molecular weight is 326 g/mol. The van der Waals surface area contributed by atoms with Gasteiger partial charge in [-0.2, -0.15) is 0 Å². The van der Waals surface area contributed by atoms with Gasteiger partial charge >= 0.3 is 0 Å². The minimum absolute atomic E-state index is 0.780. The van der Waals surface area contributed by atoms with Gasteiger partial charge in [0.05, 0.1) is 5.69 Å². The SMILES string of the molecule is CN(Cc1cccc(Cl)c1)Cc1ccc(Br)cn1. The van der Waals surface area contributed by atoms with Crippen LogP contribution in [0.1, 0.15) is 11.3 Å². The summed E-state index contributed by atoms with van der Waals surface area (Å²) in [6.45, 7) is 1.68. The molecule has 1 heterocycles. The van der Waals surface area contributed by atoms with E-state index in [4.69, 9.17) is 11.6 Å². The van der Waals surface area contributed by atoms with Crippen LogP contribution < -0.4 is 0 Å². The van der Waals surface area contributed by atoms with Gasteiger partial charge < -0.3 is 0 Å². The Kier molecular flexibility index (Phi) is 4.75. The number of nitrogens with zero attached hydrogens (tertiary/aromatic N) is 2. The van der Waals surface area contributed by atoms with Crippen molar-refractivity contribution in [1.29, 1.82) is 0 Å². The fourth-order valence-electron chi connectivity index (χ4n) is 1.78. The van der Waals surface area contributed by atoms with Crippen LogP contribution in [-0.2, 0) is 13.1 Å². The van der Waals surface area contributed by atoms with Crippen LogP contribution in [0.4, 0.5) is 0 Å². The van der Waals surface area contributed by atoms with Crippen LogP contribution in [0.25, 0.3) is 0 Å². The molecule has 4 heteroatoms. The third kappa shape index (κ3) is 4.09. The smallest absolute Gasteiger partial charge is 0.0544 e. The number of aromatic nitrogens is 1. The fourth-order valence-corrected chi connectivity index (χ4v) is 2.23. The molecule has 1 aromatic heterocycles. The number of rotatable bonds is 4. The normalized spacial score (nSPS) is 10.9. The lowest BCUT2D eigenvalue weighted by molar-refractivity contribution is 0.315. The summed E-state index contributed by atoms with van der Waals surface area (Å²) in [5.41, 5.74) is 2.27. The zero-order valence-corrected chi connectivity index (χ0v) is 12.4. The van der Waals surface area contributed by atoms with E-state index in [1.165, 1.54) is 5.56 Å². The molecule has 0 fully saturated rings. The second-order valence-corrected chi connectivity index (χ2v) is 5.62. The Morgan fingerprint density at radius 3 is 2.72 bits per heavy atom. The van der Waals surface area contributed by atoms with Crippen molar-refractivity contribution in [3.05, 3.63) is 63.3 Å². The monoisotopic (exact) mass is 324 g/mol. The maximum atomic E-state index is 5.97. The van der Waals surface area contributed by atoms with Crippen molar-refractivity contribution in [2.24, 2.45) is 0 Å². The van der Waals surface area contributed by atoms with Crippen LogP contribution in [-0.4, -0.2) is 16.9 Å². The van der Waals surface area contributed by atoms with E-state index in [9.17, 15) is 0 Å². The maximum Gasteiger partial charge on any atom is 0.0544 e. The minimum atomic E-state index is 0.780. The highest BCUT2D eigenvalue weighted by Crippen LogP contribution is 2.13. The predicted molar refractivity (Wildman–Crippen MR) is 78.6 cm³/mol. The summed E-state index contributed by atoms with van der Waals surface area (Å²) in [7, 11) is 2.07. The van der Waals surface area contributed by atoms with E-state index < -0.39 is 0 Å². The molecule has 94 valence electrons. The molecule has 0 aliphatic rings. The summed E-state index contributed by atoms with van der Waals surface area (Å²) >= 11 is 9.35. The van der Waals surface area contributed by atoms with E-state index in [1.807, 2.05) is 36.5 Å². The Morgan fingerprint density at radius 2 is 2.06 bits per heavy atom. The average Bonchev–Trinajstić information content (AvgIpc) is 2.32. The molecule has 0 atom stereocenters. The maximum absolute atomic E-state index is 5.97. The molecule has 18 heavy (non-hydrogen) atoms. The zero-order chi connectivity index (χ0) is 13.0. The van der Waals surface area contributed by atoms with E-state index in [2.05, 4.69) is 38.9 Å². The van der Waals surface area contributed by atoms with Gasteiger partial charge in [0, 0.05) is 28.8 Å². The van der Waals surface area contributed by atoms with Crippen molar-refractivity contribution in [3.63, 3.8) is 0 Å². The largest absolute Gasteiger partial charge is 0.296 e. The highest BCUT2D eigenvalue weighted by Gasteiger charge is 2.03. The van der Waals surface area contributed by atoms with Crippen molar-refractivity contribution in [3.8, 4) is 0 Å². The number of hydrogen-bond acceptors (Lipinski definition) is 2. The van der Waals surface area contributed by atoms with Gasteiger partial charge in [-0.05, 0) is 52.8 Å². The topological polar surface area (TPSA) is 16.1 Å². The lowest BCUT2D eigenvalue weighted by atomic mass is 10.2. The Bertz CT molecular complexity index is 513. The molecule has 0 aliphatic heterocycles. The molecular weight excluding hydrogens is 312 g/mol. The first-order valence-corrected chi connectivity index (χ1v) is 6.84. The number of hydrogen-bond donors (Lipinski definition) is 0. The third-order valence-electron chi connectivity index (χ3n) is 2.56. The van der Waals surface area contributed by atoms with Crippen molar-refractivity contribution in [1.82, 2.24) is 9.88 Å². The molecule has 2 nitrogen and oxygen atoms in total. The quantitative estimate of drug-likeness (QED) is 0.840. The summed E-state index contributed by atoms with van der Waals surface area (Å²) in [6, 6.07) is 12.0. The Balaban J connectivity index is 1.96. The van der Waals surface area contributed by atoms with Gasteiger partial charge in [0.1, 0.15) is 0 Å². The van der Waals surface area contributed by atoms with Gasteiger partial charge in [-0.3, -0.25) is 9.88 Å². The van der Waals surface area contributed by atoms with Gasteiger partial charge in [-0.25, -0.2) is 0 Å². The predicted octanol–water partition coefficient (Wildman–Crippen LogP) is 4.13. The van der Waals surface area contributed by atoms with E-state index in [-0.39, 0.29) is 0 Å². The standard InChI is InChI=1S/C14H14BrClN2/c1-18(9-11-3-2-4-13(16)7-11)10-14-6-5-12(15)8-17-14/h2-8H,9-10H2,1H3. The summed E-state index contributed by atoms with van der Waals surface area (Å²) in [4.78, 5) is 6.57. The molecule has 0 saturated carbocycles. The van der Waals surface area contributed by atoms with Crippen molar-refractivity contribution in [2.45, 2.75) is 13.1 Å². The fraction of sp³-hybridized carbons (Fsp3) is 0.214. The molecule has 1 aromatic carbocycles. The molecule has 0 amide bonds. The summed E-state index contributed by atoms with van der Waals surface area (Å²) < 4.78 is 1.00. The zero-order valence-electron chi connectivity index (χ0n) is 10.1. The second-order valence-electron chi connectivity index (χ2n) is 4.27. The Hall–Kier alpha value is -0.900. The van der Waals surface area contributed by atoms with E-state index >= 15 is 0 Å². The van der Waals surface area contributed by atoms with Crippen LogP contribution in [0.5, 0.6) is 0 Å². The van der Waals surface area contributed by atoms with Crippen LogP contribution >= 0.6 is 27.5 Å². The molecule has 2 aromatic rings. The lowest BCUT2D eigenvalue weighted by Crippen LogP contribution is -2.17. The molecule has 0 N–H and O–H groups in total. The molecule has 2 rings (SSSR count). The van der Waals surface area contributed by atoms with Gasteiger partial charge in [0.2, 0.25) is 0 Å². The van der Waals surface area contributed by atoms with Crippen LogP contribution in [0.3, 0.4) is 0 Å². The van der Waals surface area contributed by atoms with E-state index in [1.54, 1.807) is 0 Å². The molecule has 0 saturated heterocycles. The number of pyridine rings is 1. The van der Waals surface area contributed by atoms with Crippen LogP contribution in [0.15, 0.2) is 47.1 Å². The third-order valence-corrected chi connectivity index (χ3v) is 3.27. The first-order valence-electron chi connectivity index (χ1n) is 5.67. The van der Waals surface area contributed by atoms with E-state index in [0.717, 1.165) is 28.3 Å². The highest BCUT2D eigenvalue weighted by molar-refractivity contribution is 9.10. The van der Waals surface area contributed by atoms with Crippen molar-refractivity contribution < 1.29 is 0 Å². The Labute approximate surface area is 121 Å². The summed E-state index contributed by atoms with van der Waals surface area (Å²) in [5, 5.41) is 0.780. The van der Waals surface area contributed by atoms with Crippen LogP contribution in [0.2, 0.25) is 5.02 Å². The van der Waals surface area contributed by atoms with Gasteiger partial charge in [0.25, 0.3) is 0 Å². The Morgan fingerprint density at radius 1 is 1.22 bits per heavy atom. The highest BCUT2D eigenvalue weighted by atomic mass is 79.9. The van der Waals surface area contributed by atoms with Crippen molar-refractivity contribution in [2.75, 3.05) is 7.05 Å². The minimum Gasteiger partial charge on any atom is -0.296 e. The van der Waals surface area contributed by atoms with Gasteiger partial charge in [0.15, 0.2) is 0 Å². The first kappa shape index (κ1) is 13.5. The molecular formula is C14H14BrClN2. The first-order chi connectivity index (χ1) is 8.63.